The van der Waals surface area contributed by atoms with Crippen LogP contribution in [0.1, 0.15) is 36.8 Å². The van der Waals surface area contributed by atoms with Crippen LogP contribution in [0.4, 0.5) is 0 Å². The van der Waals surface area contributed by atoms with Crippen LogP contribution >= 0.6 is 0 Å². The van der Waals surface area contributed by atoms with Crippen LogP contribution in [0.3, 0.4) is 0 Å². The molecule has 3 nitrogen and oxygen atoms in total. The number of pyridine rings is 1. The first-order chi connectivity index (χ1) is 11.6. The van der Waals surface area contributed by atoms with Crippen molar-refractivity contribution in [2.75, 3.05) is 7.11 Å². The lowest BCUT2D eigenvalue weighted by Gasteiger charge is -2.36. The van der Waals surface area contributed by atoms with Crippen molar-refractivity contribution in [2.45, 2.75) is 25.5 Å². The molecular weight excluding hydrogens is 296 g/mol. The molecule has 1 unspecified atom stereocenters. The second-order valence-electron chi connectivity index (χ2n) is 6.71. The number of para-hydroxylation sites is 1. The molecule has 3 aromatic rings. The Morgan fingerprint density at radius 1 is 0.917 bits per heavy atom. The molecule has 0 radical (unpaired) electrons. The third-order valence-corrected chi connectivity index (χ3v) is 4.62. The van der Waals surface area contributed by atoms with Gasteiger partial charge >= 0.3 is 0 Å². The predicted molar refractivity (Wildman–Crippen MR) is 97.7 cm³/mol. The highest BCUT2D eigenvalue weighted by molar-refractivity contribution is 6.14. The Kier molecular flexibility index (Phi) is 3.47. The molecule has 2 heterocycles. The van der Waals surface area contributed by atoms with Crippen LogP contribution in [-0.4, -0.2) is 23.3 Å². The molecule has 3 heteroatoms. The summed E-state index contributed by atoms with van der Waals surface area (Å²) >= 11 is 0. The van der Waals surface area contributed by atoms with E-state index in [9.17, 15) is 0 Å². The Morgan fingerprint density at radius 2 is 1.67 bits per heavy atom. The highest BCUT2D eigenvalue weighted by Crippen LogP contribution is 2.39. The third kappa shape index (κ3) is 2.33. The monoisotopic (exact) mass is 316 g/mol. The molecule has 4 rings (SSSR count). The van der Waals surface area contributed by atoms with Gasteiger partial charge in [-0.05, 0) is 31.5 Å². The largest absolute Gasteiger partial charge is 0.374 e. The molecule has 0 fully saturated rings. The lowest BCUT2D eigenvalue weighted by atomic mass is 9.83. The van der Waals surface area contributed by atoms with Crippen molar-refractivity contribution in [3.63, 3.8) is 0 Å². The van der Waals surface area contributed by atoms with Crippen molar-refractivity contribution >= 4 is 16.6 Å². The Labute approximate surface area is 142 Å². The van der Waals surface area contributed by atoms with Crippen LogP contribution in [0, 0.1) is 0 Å². The van der Waals surface area contributed by atoms with Gasteiger partial charge in [0.25, 0.3) is 0 Å². The number of aliphatic imine (C=N–C) groups is 1. The van der Waals surface area contributed by atoms with Gasteiger partial charge in [0.2, 0.25) is 0 Å². The van der Waals surface area contributed by atoms with E-state index in [0.29, 0.717) is 0 Å². The lowest BCUT2D eigenvalue weighted by molar-refractivity contribution is 0.0477. The maximum Gasteiger partial charge on any atom is 0.107 e. The zero-order chi connectivity index (χ0) is 16.7. The molecule has 1 atom stereocenters. The number of ether oxygens (including phenoxy) is 1. The second-order valence-corrected chi connectivity index (χ2v) is 6.71. The first-order valence-electron chi connectivity index (χ1n) is 8.18. The summed E-state index contributed by atoms with van der Waals surface area (Å²) in [6, 6.07) is 20.7. The summed E-state index contributed by atoms with van der Waals surface area (Å²) in [5.41, 5.74) is 4.77. The molecule has 120 valence electrons. The first-order valence-corrected chi connectivity index (χ1v) is 8.18. The van der Waals surface area contributed by atoms with Crippen LogP contribution in [0.15, 0.2) is 65.7 Å². The van der Waals surface area contributed by atoms with Crippen LogP contribution < -0.4 is 0 Å². The van der Waals surface area contributed by atoms with E-state index >= 15 is 0 Å². The van der Waals surface area contributed by atoms with E-state index in [2.05, 4.69) is 50.2 Å². The number of rotatable bonds is 2. The molecule has 0 saturated carbocycles. The van der Waals surface area contributed by atoms with Gasteiger partial charge in [-0.1, -0.05) is 48.5 Å². The molecule has 1 aliphatic heterocycles. The summed E-state index contributed by atoms with van der Waals surface area (Å²) in [6.07, 6.45) is -0.0575. The molecule has 0 amide bonds. The number of fused-ring (bicyclic) bond motifs is 2. The normalized spacial score (nSPS) is 19.0. The van der Waals surface area contributed by atoms with Crippen LogP contribution in [-0.2, 0) is 4.74 Å². The van der Waals surface area contributed by atoms with Crippen molar-refractivity contribution < 1.29 is 4.74 Å². The highest BCUT2D eigenvalue weighted by Gasteiger charge is 2.37. The number of nitrogens with zero attached hydrogens (tertiary/aromatic N) is 2. The van der Waals surface area contributed by atoms with Gasteiger partial charge in [0.05, 0.1) is 22.5 Å². The fourth-order valence-corrected chi connectivity index (χ4v) is 3.54. The zero-order valence-corrected chi connectivity index (χ0v) is 14.2. The molecule has 24 heavy (non-hydrogen) atoms. The number of aromatic nitrogens is 1. The summed E-state index contributed by atoms with van der Waals surface area (Å²) in [5, 5.41) is 1.14. The predicted octanol–water partition coefficient (Wildman–Crippen LogP) is 4.55. The quantitative estimate of drug-likeness (QED) is 0.695. The van der Waals surface area contributed by atoms with Crippen molar-refractivity contribution in [3.8, 4) is 0 Å². The summed E-state index contributed by atoms with van der Waals surface area (Å²) in [5.74, 6) is 0. The van der Waals surface area contributed by atoms with Crippen molar-refractivity contribution in [2.24, 2.45) is 4.99 Å². The Hall–Kier alpha value is -2.52. The van der Waals surface area contributed by atoms with E-state index in [4.69, 9.17) is 14.7 Å². The van der Waals surface area contributed by atoms with Gasteiger partial charge in [-0.15, -0.1) is 0 Å². The van der Waals surface area contributed by atoms with Gasteiger partial charge in [0, 0.05) is 18.1 Å². The van der Waals surface area contributed by atoms with Crippen molar-refractivity contribution in [1.82, 2.24) is 4.98 Å². The minimum absolute atomic E-state index is 0.0575. The van der Waals surface area contributed by atoms with Gasteiger partial charge in [-0.2, -0.15) is 0 Å². The van der Waals surface area contributed by atoms with E-state index in [0.717, 1.165) is 27.9 Å². The molecule has 0 spiro atoms. The zero-order valence-electron chi connectivity index (χ0n) is 14.2. The van der Waals surface area contributed by atoms with Crippen molar-refractivity contribution in [1.29, 1.82) is 0 Å². The molecular formula is C21H20N2O. The number of benzene rings is 2. The standard InChI is InChI=1S/C21H20N2O/c1-21(2)20(24-3)16-10-6-5-9-15(16)19(23-21)18-13-12-14-8-4-7-11-17(14)22-18/h4-13,20H,1-3H3. The molecule has 0 N–H and O–H groups in total. The topological polar surface area (TPSA) is 34.5 Å². The summed E-state index contributed by atoms with van der Waals surface area (Å²) in [7, 11) is 1.75. The van der Waals surface area contributed by atoms with Crippen LogP contribution in [0.5, 0.6) is 0 Å². The summed E-state index contributed by atoms with van der Waals surface area (Å²) in [4.78, 5) is 9.86. The summed E-state index contributed by atoms with van der Waals surface area (Å²) < 4.78 is 5.76. The minimum atomic E-state index is -0.342. The Morgan fingerprint density at radius 3 is 2.50 bits per heavy atom. The maximum absolute atomic E-state index is 5.76. The van der Waals surface area contributed by atoms with Crippen LogP contribution in [0.25, 0.3) is 10.9 Å². The van der Waals surface area contributed by atoms with E-state index in [1.807, 2.05) is 24.3 Å². The van der Waals surface area contributed by atoms with Crippen molar-refractivity contribution in [3.05, 3.63) is 77.5 Å². The number of hydrogen-bond acceptors (Lipinski definition) is 3. The average Bonchev–Trinajstić information content (AvgIpc) is 2.60. The minimum Gasteiger partial charge on any atom is -0.374 e. The van der Waals surface area contributed by atoms with Crippen LogP contribution in [0.2, 0.25) is 0 Å². The highest BCUT2D eigenvalue weighted by atomic mass is 16.5. The number of methoxy groups -OCH3 is 1. The molecule has 0 aliphatic carbocycles. The van der Waals surface area contributed by atoms with Gasteiger partial charge in [0.1, 0.15) is 6.10 Å². The Balaban J connectivity index is 1.94. The van der Waals surface area contributed by atoms with E-state index < -0.39 is 0 Å². The van der Waals surface area contributed by atoms with Gasteiger partial charge in [0.15, 0.2) is 0 Å². The fraction of sp³-hybridized carbons (Fsp3) is 0.238. The van der Waals surface area contributed by atoms with E-state index in [1.54, 1.807) is 7.11 Å². The smallest absolute Gasteiger partial charge is 0.107 e. The molecule has 1 aromatic heterocycles. The second kappa shape index (κ2) is 5.53. The molecule has 0 saturated heterocycles. The number of hydrogen-bond donors (Lipinski definition) is 0. The fourth-order valence-electron chi connectivity index (χ4n) is 3.54. The van der Waals surface area contributed by atoms with Gasteiger partial charge in [-0.3, -0.25) is 4.99 Å². The van der Waals surface area contributed by atoms with E-state index in [-0.39, 0.29) is 11.6 Å². The molecule has 0 bridgehead atoms. The van der Waals surface area contributed by atoms with E-state index in [1.165, 1.54) is 5.56 Å². The maximum atomic E-state index is 5.76. The first kappa shape index (κ1) is 15.0. The van der Waals surface area contributed by atoms with Gasteiger partial charge in [-0.25, -0.2) is 4.98 Å². The lowest BCUT2D eigenvalue weighted by Crippen LogP contribution is -2.35. The molecule has 2 aromatic carbocycles. The van der Waals surface area contributed by atoms with Gasteiger partial charge < -0.3 is 4.74 Å². The molecule has 1 aliphatic rings. The summed E-state index contributed by atoms with van der Waals surface area (Å²) in [6.45, 7) is 4.22. The third-order valence-electron chi connectivity index (χ3n) is 4.62. The average molecular weight is 316 g/mol. The SMILES string of the molecule is COC1c2ccccc2C(c2ccc3ccccc3n2)=NC1(C)C. The Bertz CT molecular complexity index is 943.